The van der Waals surface area contributed by atoms with E-state index in [0.717, 1.165) is 21.1 Å². The molecule has 0 bridgehead atoms. The molecule has 0 amide bonds. The molecule has 66 valence electrons. The highest BCUT2D eigenvalue weighted by Crippen LogP contribution is 2.34. The standard InChI is InChI=1S/C10H10N2S/c11-9-6-8(10(12)13-9)7-4-2-1-3-5-7/h1-6H,11-12H2. The van der Waals surface area contributed by atoms with Crippen LogP contribution in [0.2, 0.25) is 0 Å². The van der Waals surface area contributed by atoms with Crippen LogP contribution in [0.15, 0.2) is 36.4 Å². The molecule has 0 saturated heterocycles. The third-order valence-corrected chi connectivity index (χ3v) is 2.66. The van der Waals surface area contributed by atoms with E-state index in [1.807, 2.05) is 36.4 Å². The molecular weight excluding hydrogens is 180 g/mol. The fourth-order valence-electron chi connectivity index (χ4n) is 1.27. The number of rotatable bonds is 1. The predicted molar refractivity (Wildman–Crippen MR) is 58.6 cm³/mol. The smallest absolute Gasteiger partial charge is 0.0957 e. The first-order chi connectivity index (χ1) is 6.27. The molecule has 2 rings (SSSR count). The Morgan fingerprint density at radius 3 is 2.23 bits per heavy atom. The molecular formula is C10H10N2S. The van der Waals surface area contributed by atoms with Gasteiger partial charge in [-0.05, 0) is 11.6 Å². The van der Waals surface area contributed by atoms with Gasteiger partial charge in [0.15, 0.2) is 0 Å². The molecule has 1 aromatic heterocycles. The molecule has 3 heteroatoms. The Balaban J connectivity index is 2.53. The lowest BCUT2D eigenvalue weighted by Gasteiger charge is -1.97. The summed E-state index contributed by atoms with van der Waals surface area (Å²) in [6.07, 6.45) is 0. The van der Waals surface area contributed by atoms with Crippen molar-refractivity contribution in [3.05, 3.63) is 36.4 Å². The van der Waals surface area contributed by atoms with Crippen LogP contribution >= 0.6 is 11.3 Å². The lowest BCUT2D eigenvalue weighted by Crippen LogP contribution is -1.82. The van der Waals surface area contributed by atoms with Crippen molar-refractivity contribution in [3.8, 4) is 11.1 Å². The zero-order chi connectivity index (χ0) is 9.26. The van der Waals surface area contributed by atoms with Crippen LogP contribution in [0.3, 0.4) is 0 Å². The maximum Gasteiger partial charge on any atom is 0.0957 e. The Hall–Kier alpha value is -1.48. The molecule has 2 aromatic rings. The summed E-state index contributed by atoms with van der Waals surface area (Å²) in [6.45, 7) is 0. The van der Waals surface area contributed by atoms with Gasteiger partial charge in [-0.3, -0.25) is 0 Å². The van der Waals surface area contributed by atoms with Crippen LogP contribution < -0.4 is 11.5 Å². The number of anilines is 2. The number of hydrogen-bond donors (Lipinski definition) is 2. The topological polar surface area (TPSA) is 52.0 Å². The number of nitrogens with two attached hydrogens (primary N) is 2. The summed E-state index contributed by atoms with van der Waals surface area (Å²) in [5.74, 6) is 0. The van der Waals surface area contributed by atoms with Crippen LogP contribution in [0, 0.1) is 0 Å². The van der Waals surface area contributed by atoms with Crippen LogP contribution in [-0.4, -0.2) is 0 Å². The van der Waals surface area contributed by atoms with E-state index in [0.29, 0.717) is 0 Å². The average molecular weight is 190 g/mol. The van der Waals surface area contributed by atoms with E-state index in [4.69, 9.17) is 11.5 Å². The van der Waals surface area contributed by atoms with E-state index in [-0.39, 0.29) is 0 Å². The van der Waals surface area contributed by atoms with Gasteiger partial charge >= 0.3 is 0 Å². The normalized spacial score (nSPS) is 10.2. The highest BCUT2D eigenvalue weighted by atomic mass is 32.1. The molecule has 13 heavy (non-hydrogen) atoms. The molecule has 0 aliphatic carbocycles. The molecule has 0 unspecified atom stereocenters. The molecule has 0 atom stereocenters. The summed E-state index contributed by atoms with van der Waals surface area (Å²) in [5, 5.41) is 1.54. The summed E-state index contributed by atoms with van der Waals surface area (Å²) in [4.78, 5) is 0. The largest absolute Gasteiger partial charge is 0.391 e. The highest BCUT2D eigenvalue weighted by Gasteiger charge is 2.05. The fraction of sp³-hybridized carbons (Fsp3) is 0. The molecule has 0 aliphatic rings. The molecule has 0 fully saturated rings. The van der Waals surface area contributed by atoms with Crippen LogP contribution in [0.5, 0.6) is 0 Å². The van der Waals surface area contributed by atoms with Crippen molar-refractivity contribution < 1.29 is 0 Å². The first-order valence-electron chi connectivity index (χ1n) is 3.97. The summed E-state index contributed by atoms with van der Waals surface area (Å²) in [7, 11) is 0. The lowest BCUT2D eigenvalue weighted by molar-refractivity contribution is 1.67. The molecule has 0 spiro atoms. The van der Waals surface area contributed by atoms with Crippen LogP contribution in [0.4, 0.5) is 10.0 Å². The minimum atomic E-state index is 0.761. The molecule has 2 nitrogen and oxygen atoms in total. The van der Waals surface area contributed by atoms with E-state index in [9.17, 15) is 0 Å². The predicted octanol–water partition coefficient (Wildman–Crippen LogP) is 2.58. The minimum Gasteiger partial charge on any atom is -0.391 e. The summed E-state index contributed by atoms with van der Waals surface area (Å²) in [6, 6.07) is 11.9. The second-order valence-corrected chi connectivity index (χ2v) is 3.91. The average Bonchev–Trinajstić information content (AvgIpc) is 2.47. The second-order valence-electron chi connectivity index (χ2n) is 2.79. The molecule has 0 aliphatic heterocycles. The number of nitrogen functional groups attached to an aromatic ring is 2. The minimum absolute atomic E-state index is 0.761. The van der Waals surface area contributed by atoms with Gasteiger partial charge in [0.1, 0.15) is 0 Å². The van der Waals surface area contributed by atoms with Crippen molar-refractivity contribution in [1.82, 2.24) is 0 Å². The molecule has 0 radical (unpaired) electrons. The van der Waals surface area contributed by atoms with Gasteiger partial charge in [0.25, 0.3) is 0 Å². The first kappa shape index (κ1) is 8.13. The molecule has 4 N–H and O–H groups in total. The lowest BCUT2D eigenvalue weighted by atomic mass is 10.1. The Morgan fingerprint density at radius 1 is 1.00 bits per heavy atom. The third-order valence-electron chi connectivity index (χ3n) is 1.86. The van der Waals surface area contributed by atoms with E-state index in [2.05, 4.69) is 0 Å². The van der Waals surface area contributed by atoms with Gasteiger partial charge in [0.2, 0.25) is 0 Å². The summed E-state index contributed by atoms with van der Waals surface area (Å²) < 4.78 is 0. The number of hydrogen-bond acceptors (Lipinski definition) is 3. The van der Waals surface area contributed by atoms with E-state index in [1.165, 1.54) is 11.3 Å². The first-order valence-corrected chi connectivity index (χ1v) is 4.79. The maximum absolute atomic E-state index is 5.81. The van der Waals surface area contributed by atoms with Crippen molar-refractivity contribution in [1.29, 1.82) is 0 Å². The number of thiophene rings is 1. The monoisotopic (exact) mass is 190 g/mol. The second kappa shape index (κ2) is 3.11. The zero-order valence-corrected chi connectivity index (χ0v) is 7.84. The molecule has 1 aromatic carbocycles. The molecule has 1 heterocycles. The van der Waals surface area contributed by atoms with Crippen molar-refractivity contribution >= 4 is 21.3 Å². The maximum atomic E-state index is 5.81. The summed E-state index contributed by atoms with van der Waals surface area (Å²) in [5.41, 5.74) is 13.6. The SMILES string of the molecule is Nc1cc(-c2ccccc2)c(N)s1. The zero-order valence-electron chi connectivity index (χ0n) is 7.03. The van der Waals surface area contributed by atoms with Crippen molar-refractivity contribution in [2.75, 3.05) is 11.5 Å². The van der Waals surface area contributed by atoms with Gasteiger partial charge in [-0.2, -0.15) is 0 Å². The van der Waals surface area contributed by atoms with Crippen molar-refractivity contribution in [2.24, 2.45) is 0 Å². The van der Waals surface area contributed by atoms with E-state index >= 15 is 0 Å². The van der Waals surface area contributed by atoms with Gasteiger partial charge in [-0.25, -0.2) is 0 Å². The summed E-state index contributed by atoms with van der Waals surface area (Å²) >= 11 is 1.42. The van der Waals surface area contributed by atoms with Crippen molar-refractivity contribution in [3.63, 3.8) is 0 Å². The van der Waals surface area contributed by atoms with Crippen molar-refractivity contribution in [2.45, 2.75) is 0 Å². The van der Waals surface area contributed by atoms with Crippen LogP contribution in [0.25, 0.3) is 11.1 Å². The van der Waals surface area contributed by atoms with Gasteiger partial charge < -0.3 is 11.5 Å². The van der Waals surface area contributed by atoms with Crippen LogP contribution in [-0.2, 0) is 0 Å². The van der Waals surface area contributed by atoms with Gasteiger partial charge in [-0.1, -0.05) is 30.3 Å². The molecule has 0 saturated carbocycles. The number of benzene rings is 1. The third kappa shape index (κ3) is 1.51. The Morgan fingerprint density at radius 2 is 1.69 bits per heavy atom. The quantitative estimate of drug-likeness (QED) is 0.726. The Labute approximate surface area is 80.8 Å². The van der Waals surface area contributed by atoms with Crippen LogP contribution in [0.1, 0.15) is 0 Å². The fourth-order valence-corrected chi connectivity index (χ4v) is 1.99. The Bertz CT molecular complexity index is 406. The van der Waals surface area contributed by atoms with E-state index < -0.39 is 0 Å². The van der Waals surface area contributed by atoms with Gasteiger partial charge in [0.05, 0.1) is 10.0 Å². The van der Waals surface area contributed by atoms with E-state index in [1.54, 1.807) is 0 Å². The van der Waals surface area contributed by atoms with Gasteiger partial charge in [0, 0.05) is 5.56 Å². The highest BCUT2D eigenvalue weighted by molar-refractivity contribution is 7.20. The van der Waals surface area contributed by atoms with Gasteiger partial charge in [-0.15, -0.1) is 11.3 Å². The Kier molecular flexibility index (Phi) is 1.94.